The SMILES string of the molecule is CC1=C(/C=C/C(C)=C/C=C/C(C)=C/C(=O)OC(C)C)C(C)CCC1. The van der Waals surface area contributed by atoms with Crippen molar-refractivity contribution in [2.24, 2.45) is 5.92 Å². The van der Waals surface area contributed by atoms with Gasteiger partial charge in [-0.1, -0.05) is 48.5 Å². The van der Waals surface area contributed by atoms with E-state index in [1.807, 2.05) is 32.9 Å². The maximum Gasteiger partial charge on any atom is 0.331 e. The van der Waals surface area contributed by atoms with Crippen LogP contribution in [0, 0.1) is 5.92 Å². The number of ether oxygens (including phenoxy) is 1. The molecule has 1 atom stereocenters. The van der Waals surface area contributed by atoms with Gasteiger partial charge in [0, 0.05) is 6.08 Å². The zero-order valence-corrected chi connectivity index (χ0v) is 16.1. The van der Waals surface area contributed by atoms with Crippen LogP contribution in [0.3, 0.4) is 0 Å². The molecule has 0 saturated heterocycles. The smallest absolute Gasteiger partial charge is 0.331 e. The molecule has 0 aromatic carbocycles. The van der Waals surface area contributed by atoms with Crippen LogP contribution in [0.5, 0.6) is 0 Å². The van der Waals surface area contributed by atoms with E-state index in [-0.39, 0.29) is 12.1 Å². The van der Waals surface area contributed by atoms with Crippen molar-refractivity contribution in [3.63, 3.8) is 0 Å². The summed E-state index contributed by atoms with van der Waals surface area (Å²) in [5.41, 5.74) is 5.09. The van der Waals surface area contributed by atoms with Crippen LogP contribution in [-0.2, 0) is 9.53 Å². The predicted molar refractivity (Wildman–Crippen MR) is 103 cm³/mol. The Bertz CT molecular complexity index is 583. The molecule has 0 heterocycles. The molecule has 132 valence electrons. The molecule has 1 rings (SSSR count). The first-order valence-corrected chi connectivity index (χ1v) is 8.91. The van der Waals surface area contributed by atoms with Crippen LogP contribution in [0.15, 0.2) is 58.7 Å². The maximum atomic E-state index is 11.5. The lowest BCUT2D eigenvalue weighted by Gasteiger charge is -2.22. The monoisotopic (exact) mass is 328 g/mol. The summed E-state index contributed by atoms with van der Waals surface area (Å²) >= 11 is 0. The van der Waals surface area contributed by atoms with Crippen LogP contribution in [0.2, 0.25) is 0 Å². The highest BCUT2D eigenvalue weighted by Crippen LogP contribution is 2.30. The van der Waals surface area contributed by atoms with Crippen molar-refractivity contribution in [3.8, 4) is 0 Å². The fraction of sp³-hybridized carbons (Fsp3) is 0.500. The predicted octanol–water partition coefficient (Wildman–Crippen LogP) is 6.08. The van der Waals surface area contributed by atoms with E-state index in [2.05, 4.69) is 39.0 Å². The Morgan fingerprint density at radius 3 is 2.54 bits per heavy atom. The van der Waals surface area contributed by atoms with Crippen LogP contribution in [-0.4, -0.2) is 12.1 Å². The molecule has 1 unspecified atom stereocenters. The molecule has 0 aromatic heterocycles. The molecule has 2 heteroatoms. The second-order valence-electron chi connectivity index (χ2n) is 7.01. The highest BCUT2D eigenvalue weighted by Gasteiger charge is 2.14. The van der Waals surface area contributed by atoms with E-state index in [9.17, 15) is 4.79 Å². The maximum absolute atomic E-state index is 11.5. The average molecular weight is 328 g/mol. The van der Waals surface area contributed by atoms with Crippen molar-refractivity contribution in [2.75, 3.05) is 0 Å². The quantitative estimate of drug-likeness (QED) is 0.335. The molecule has 0 saturated carbocycles. The summed E-state index contributed by atoms with van der Waals surface area (Å²) < 4.78 is 5.09. The Hall–Kier alpha value is -1.83. The van der Waals surface area contributed by atoms with E-state index >= 15 is 0 Å². The topological polar surface area (TPSA) is 26.3 Å². The Labute approximate surface area is 147 Å². The van der Waals surface area contributed by atoms with Gasteiger partial charge in [0.1, 0.15) is 0 Å². The summed E-state index contributed by atoms with van der Waals surface area (Å²) in [7, 11) is 0. The summed E-state index contributed by atoms with van der Waals surface area (Å²) in [5, 5.41) is 0. The number of carbonyl (C=O) groups excluding carboxylic acids is 1. The van der Waals surface area contributed by atoms with Crippen molar-refractivity contribution in [1.82, 2.24) is 0 Å². The fourth-order valence-corrected chi connectivity index (χ4v) is 2.83. The highest BCUT2D eigenvalue weighted by atomic mass is 16.5. The number of rotatable bonds is 6. The molecule has 0 aliphatic heterocycles. The lowest BCUT2D eigenvalue weighted by molar-refractivity contribution is -0.141. The summed E-state index contributed by atoms with van der Waals surface area (Å²) in [5.74, 6) is 0.372. The summed E-state index contributed by atoms with van der Waals surface area (Å²) in [6.45, 7) is 12.2. The van der Waals surface area contributed by atoms with E-state index in [1.165, 1.54) is 42.1 Å². The molecule has 0 aromatic rings. The molecule has 0 spiro atoms. The van der Waals surface area contributed by atoms with Gasteiger partial charge in [-0.25, -0.2) is 4.79 Å². The Morgan fingerprint density at radius 2 is 1.92 bits per heavy atom. The standard InChI is InChI=1S/C22H32O2/c1-16(2)24-22(23)15-18(4)10-7-9-17(3)13-14-21-19(5)11-8-12-20(21)6/h7,9-10,13-16,19H,8,11-12H2,1-6H3/b10-7+,14-13+,17-9+,18-15+. The molecule has 0 fully saturated rings. The van der Waals surface area contributed by atoms with Crippen LogP contribution in [0.1, 0.15) is 60.8 Å². The molecular weight excluding hydrogens is 296 g/mol. The molecule has 0 bridgehead atoms. The Balaban J connectivity index is 2.65. The van der Waals surface area contributed by atoms with Gasteiger partial charge in [0.05, 0.1) is 6.10 Å². The summed E-state index contributed by atoms with van der Waals surface area (Å²) in [4.78, 5) is 11.5. The fourth-order valence-electron chi connectivity index (χ4n) is 2.83. The molecule has 2 nitrogen and oxygen atoms in total. The van der Waals surface area contributed by atoms with E-state index < -0.39 is 0 Å². The van der Waals surface area contributed by atoms with Crippen molar-refractivity contribution >= 4 is 5.97 Å². The largest absolute Gasteiger partial charge is 0.460 e. The first-order chi connectivity index (χ1) is 11.3. The van der Waals surface area contributed by atoms with Crippen LogP contribution in [0.4, 0.5) is 0 Å². The lowest BCUT2D eigenvalue weighted by Crippen LogP contribution is -2.08. The van der Waals surface area contributed by atoms with Crippen LogP contribution in [0.25, 0.3) is 0 Å². The lowest BCUT2D eigenvalue weighted by atomic mass is 9.84. The molecule has 0 N–H and O–H groups in total. The number of carbonyl (C=O) groups is 1. The van der Waals surface area contributed by atoms with E-state index in [1.54, 1.807) is 0 Å². The van der Waals surface area contributed by atoms with Gasteiger partial charge in [0.25, 0.3) is 0 Å². The molecule has 1 aliphatic carbocycles. The number of hydrogen-bond donors (Lipinski definition) is 0. The minimum absolute atomic E-state index is 0.0854. The third-order valence-electron chi connectivity index (χ3n) is 4.15. The van der Waals surface area contributed by atoms with Crippen molar-refractivity contribution in [1.29, 1.82) is 0 Å². The van der Waals surface area contributed by atoms with Crippen LogP contribution >= 0.6 is 0 Å². The highest BCUT2D eigenvalue weighted by molar-refractivity contribution is 5.83. The third kappa shape index (κ3) is 7.63. The number of esters is 1. The van der Waals surface area contributed by atoms with Gasteiger partial charge in [-0.05, 0) is 70.9 Å². The van der Waals surface area contributed by atoms with Gasteiger partial charge in [-0.3, -0.25) is 0 Å². The molecule has 0 radical (unpaired) electrons. The van der Waals surface area contributed by atoms with Crippen molar-refractivity contribution < 1.29 is 9.53 Å². The molecule has 0 amide bonds. The van der Waals surface area contributed by atoms with Gasteiger partial charge in [0.15, 0.2) is 0 Å². The van der Waals surface area contributed by atoms with Gasteiger partial charge in [0.2, 0.25) is 0 Å². The summed E-state index contributed by atoms with van der Waals surface area (Å²) in [6, 6.07) is 0. The Morgan fingerprint density at radius 1 is 1.21 bits per heavy atom. The second kappa shape index (κ2) is 10.1. The summed E-state index contributed by atoms with van der Waals surface area (Å²) in [6.07, 6.45) is 15.7. The van der Waals surface area contributed by atoms with Gasteiger partial charge < -0.3 is 4.74 Å². The molecule has 24 heavy (non-hydrogen) atoms. The number of hydrogen-bond acceptors (Lipinski definition) is 2. The average Bonchev–Trinajstić information content (AvgIpc) is 2.45. The minimum Gasteiger partial charge on any atom is -0.460 e. The van der Waals surface area contributed by atoms with Crippen molar-refractivity contribution in [3.05, 3.63) is 58.7 Å². The van der Waals surface area contributed by atoms with Gasteiger partial charge >= 0.3 is 5.97 Å². The van der Waals surface area contributed by atoms with E-state index in [0.717, 1.165) is 5.57 Å². The molecular formula is C22H32O2. The zero-order valence-electron chi connectivity index (χ0n) is 16.1. The normalized spacial score (nSPS) is 20.5. The van der Waals surface area contributed by atoms with E-state index in [4.69, 9.17) is 4.74 Å². The van der Waals surface area contributed by atoms with E-state index in [0.29, 0.717) is 5.92 Å². The third-order valence-corrected chi connectivity index (χ3v) is 4.15. The first kappa shape index (κ1) is 20.2. The van der Waals surface area contributed by atoms with Crippen molar-refractivity contribution in [2.45, 2.75) is 66.9 Å². The molecule has 1 aliphatic rings. The minimum atomic E-state index is -0.290. The van der Waals surface area contributed by atoms with Crippen LogP contribution < -0.4 is 0 Å². The first-order valence-electron chi connectivity index (χ1n) is 8.91. The number of allylic oxidation sites excluding steroid dienone is 9. The second-order valence-corrected chi connectivity index (χ2v) is 7.01. The zero-order chi connectivity index (χ0) is 18.1. The van der Waals surface area contributed by atoms with Gasteiger partial charge in [-0.2, -0.15) is 0 Å². The Kier molecular flexibility index (Phi) is 8.53. The van der Waals surface area contributed by atoms with Gasteiger partial charge in [-0.15, -0.1) is 0 Å².